The minimum atomic E-state index is 0. The molecule has 17 heavy (non-hydrogen) atoms. The van der Waals surface area contributed by atoms with Crippen LogP contribution in [0.5, 0.6) is 0 Å². The molecule has 0 spiro atoms. The van der Waals surface area contributed by atoms with Crippen LogP contribution < -0.4 is 0 Å². The maximum atomic E-state index is 7.26. The van der Waals surface area contributed by atoms with Crippen LogP contribution in [0, 0.1) is 20.5 Å². The Labute approximate surface area is 131 Å². The maximum Gasteiger partial charge on any atom is 4.00 e. The third-order valence-corrected chi connectivity index (χ3v) is 1.11. The molecule has 1 radical (unpaired) electrons. The number of hydrogen-bond donors (Lipinski definition) is 0. The van der Waals surface area contributed by atoms with E-state index in [4.69, 9.17) is 10.5 Å². The fraction of sp³-hybridized carbons (Fsp3) is 0. The van der Waals surface area contributed by atoms with Gasteiger partial charge >= 0.3 is 71.0 Å². The zero-order chi connectivity index (χ0) is 12.5. The second-order valence-electron chi connectivity index (χ2n) is 2.11. The molecule has 0 aliphatic rings. The predicted molar refractivity (Wildman–Crippen MR) is 66.8 cm³/mol. The molecule has 2 aromatic carbocycles. The normalized spacial score (nSPS) is 5.53. The van der Waals surface area contributed by atoms with Gasteiger partial charge in [0.05, 0.1) is 0 Å². The Kier molecular flexibility index (Phi) is 31.1. The van der Waals surface area contributed by atoms with Crippen molar-refractivity contribution < 1.29 is 18.6 Å². The van der Waals surface area contributed by atoms with Crippen molar-refractivity contribution in [1.29, 1.82) is 10.5 Å². The van der Waals surface area contributed by atoms with Gasteiger partial charge in [0, 0.05) is 0 Å². The van der Waals surface area contributed by atoms with Gasteiger partial charge in [-0.05, 0) is 0 Å². The van der Waals surface area contributed by atoms with E-state index in [0.717, 1.165) is 0 Å². The van der Waals surface area contributed by atoms with Crippen molar-refractivity contribution in [2.45, 2.75) is 0 Å². The van der Waals surface area contributed by atoms with Gasteiger partial charge in [-0.25, -0.2) is 24.3 Å². The van der Waals surface area contributed by atoms with E-state index in [1.807, 2.05) is 60.7 Å². The summed E-state index contributed by atoms with van der Waals surface area (Å²) in [6, 6.07) is 20.0. The smallest absolute Gasteiger partial charge is 0.214 e. The third kappa shape index (κ3) is 31.3. The quantitative estimate of drug-likeness (QED) is 0.510. The van der Waals surface area contributed by atoms with E-state index in [-0.39, 0.29) is 18.6 Å². The summed E-state index contributed by atoms with van der Waals surface area (Å²) >= 11 is 4.22. The van der Waals surface area contributed by atoms with Gasteiger partial charge in [0.1, 0.15) is 0 Å². The molecule has 0 saturated carbocycles. The SMILES string of the molecule is N#C[Se-].N#C[Se-].[V+4].c1cc[cH-]c1.c1cc[cH-]c1. The molecule has 5 heteroatoms. The number of rotatable bonds is 0. The second kappa shape index (κ2) is 24.5. The van der Waals surface area contributed by atoms with Gasteiger partial charge in [0.2, 0.25) is 0 Å². The molecule has 0 aromatic heterocycles. The molecule has 0 fully saturated rings. The first-order chi connectivity index (χ1) is 7.83. The summed E-state index contributed by atoms with van der Waals surface area (Å²) in [5.41, 5.74) is 0. The molecule has 0 saturated heterocycles. The summed E-state index contributed by atoms with van der Waals surface area (Å²) in [6.45, 7) is 0. The topological polar surface area (TPSA) is 47.6 Å². The van der Waals surface area contributed by atoms with E-state index in [1.54, 1.807) is 9.94 Å². The number of nitrogens with zero attached hydrogens (tertiary/aromatic N) is 2. The number of nitriles is 2. The molecule has 0 amide bonds. The fourth-order valence-corrected chi connectivity index (χ4v) is 0.642. The zero-order valence-corrected chi connectivity index (χ0v) is 13.8. The average molecular weight is 391 g/mol. The van der Waals surface area contributed by atoms with Crippen LogP contribution in [-0.4, -0.2) is 32.0 Å². The Morgan fingerprint density at radius 1 is 0.706 bits per heavy atom. The predicted octanol–water partition coefficient (Wildman–Crippen LogP) is 2.08. The van der Waals surface area contributed by atoms with E-state index in [1.165, 1.54) is 0 Å². The Morgan fingerprint density at radius 3 is 0.941 bits per heavy atom. The zero-order valence-electron chi connectivity index (χ0n) is 8.93. The van der Waals surface area contributed by atoms with Crippen LogP contribution in [-0.2, 0) is 18.6 Å². The molecule has 0 unspecified atom stereocenters. The fourth-order valence-electron chi connectivity index (χ4n) is 0.642. The summed E-state index contributed by atoms with van der Waals surface area (Å²) < 4.78 is 0. The Bertz CT molecular complexity index is 285. The van der Waals surface area contributed by atoms with Crippen LogP contribution in [0.3, 0.4) is 0 Å². The van der Waals surface area contributed by atoms with Crippen molar-refractivity contribution in [2.75, 3.05) is 0 Å². The summed E-state index contributed by atoms with van der Waals surface area (Å²) in [5, 5.41) is 14.5. The average Bonchev–Trinajstić information content (AvgIpc) is 3.00. The molecular weight excluding hydrogens is 381 g/mol. The van der Waals surface area contributed by atoms with Crippen molar-refractivity contribution in [3.63, 3.8) is 0 Å². The van der Waals surface area contributed by atoms with Crippen molar-refractivity contribution in [3.8, 4) is 9.94 Å². The van der Waals surface area contributed by atoms with Gasteiger partial charge in [0.15, 0.2) is 0 Å². The summed E-state index contributed by atoms with van der Waals surface area (Å²) in [7, 11) is 0. The van der Waals surface area contributed by atoms with E-state index >= 15 is 0 Å². The molecule has 85 valence electrons. The van der Waals surface area contributed by atoms with Crippen molar-refractivity contribution in [1.82, 2.24) is 0 Å². The summed E-state index contributed by atoms with van der Waals surface area (Å²) in [4.78, 5) is 3.25. The first kappa shape index (κ1) is 21.6. The molecule has 0 aliphatic heterocycles. The molecule has 0 heterocycles. The van der Waals surface area contributed by atoms with Gasteiger partial charge in [-0.15, -0.1) is 0 Å². The molecule has 0 aliphatic carbocycles. The number of hydrogen-bond acceptors (Lipinski definition) is 2. The van der Waals surface area contributed by atoms with Gasteiger partial charge in [-0.3, -0.25) is 0 Å². The Balaban J connectivity index is -0.000000157. The van der Waals surface area contributed by atoms with Gasteiger partial charge in [0.25, 0.3) is 0 Å². The van der Waals surface area contributed by atoms with Crippen LogP contribution >= 0.6 is 0 Å². The minimum Gasteiger partial charge on any atom is -0.214 e. The largest absolute Gasteiger partial charge is 4.00 e. The van der Waals surface area contributed by atoms with Crippen LogP contribution in [0.2, 0.25) is 0 Å². The van der Waals surface area contributed by atoms with Gasteiger partial charge < -0.3 is 0 Å². The first-order valence-electron chi connectivity index (χ1n) is 4.19. The van der Waals surface area contributed by atoms with Crippen LogP contribution in [0.25, 0.3) is 0 Å². The molecule has 2 rings (SSSR count). The minimum absolute atomic E-state index is 0. The van der Waals surface area contributed by atoms with E-state index in [9.17, 15) is 0 Å². The molecular formula is C12H10N2Se2V. The summed E-state index contributed by atoms with van der Waals surface area (Å²) in [6.07, 6.45) is 0. The van der Waals surface area contributed by atoms with E-state index in [2.05, 4.69) is 32.0 Å². The molecule has 0 atom stereocenters. The van der Waals surface area contributed by atoms with Crippen molar-refractivity contribution >= 4 is 32.0 Å². The van der Waals surface area contributed by atoms with E-state index in [0.29, 0.717) is 0 Å². The summed E-state index contributed by atoms with van der Waals surface area (Å²) in [5.74, 6) is 0. The van der Waals surface area contributed by atoms with Gasteiger partial charge in [-0.1, -0.05) is 0 Å². The van der Waals surface area contributed by atoms with Crippen LogP contribution in [0.4, 0.5) is 0 Å². The standard InChI is InChI=1S/2C5H5.2CHNSe.V/c2*1-2-4-5-3-1;2*2-1-3;/h2*1-5H;2*3H;/q2*-1;;;+4/p-2. The van der Waals surface area contributed by atoms with Crippen LogP contribution in [0.1, 0.15) is 0 Å². The Morgan fingerprint density at radius 2 is 0.882 bits per heavy atom. The Hall–Kier alpha value is -0.697. The van der Waals surface area contributed by atoms with E-state index < -0.39 is 0 Å². The van der Waals surface area contributed by atoms with Crippen molar-refractivity contribution in [2.24, 2.45) is 0 Å². The van der Waals surface area contributed by atoms with Crippen molar-refractivity contribution in [3.05, 3.63) is 60.7 Å². The molecule has 0 N–H and O–H groups in total. The third-order valence-electron chi connectivity index (χ3n) is 1.11. The molecule has 2 nitrogen and oxygen atoms in total. The monoisotopic (exact) mass is 393 g/mol. The molecule has 0 bridgehead atoms. The van der Waals surface area contributed by atoms with Gasteiger partial charge in [-0.2, -0.15) is 36.4 Å². The first-order valence-corrected chi connectivity index (χ1v) is 5.90. The molecule has 2 aromatic rings. The second-order valence-corrected chi connectivity index (χ2v) is 2.87. The maximum absolute atomic E-state index is 7.26. The van der Waals surface area contributed by atoms with Crippen LogP contribution in [0.15, 0.2) is 60.7 Å².